The van der Waals surface area contributed by atoms with Gasteiger partial charge in [-0.2, -0.15) is 5.10 Å². The molecule has 1 aromatic heterocycles. The lowest BCUT2D eigenvalue weighted by atomic mass is 10.0. The lowest BCUT2D eigenvalue weighted by Crippen LogP contribution is -2.19. The van der Waals surface area contributed by atoms with Gasteiger partial charge in [0.25, 0.3) is 0 Å². The third-order valence-corrected chi connectivity index (χ3v) is 4.81. The van der Waals surface area contributed by atoms with E-state index in [9.17, 15) is 9.59 Å². The third kappa shape index (κ3) is 4.73. The Labute approximate surface area is 159 Å². The summed E-state index contributed by atoms with van der Waals surface area (Å²) in [4.78, 5) is 24.7. The quantitative estimate of drug-likeness (QED) is 0.794. The fourth-order valence-electron chi connectivity index (χ4n) is 2.90. The van der Waals surface area contributed by atoms with E-state index in [1.807, 2.05) is 20.8 Å². The van der Waals surface area contributed by atoms with Gasteiger partial charge < -0.3 is 5.32 Å². The van der Waals surface area contributed by atoms with E-state index in [2.05, 4.69) is 24.3 Å². The van der Waals surface area contributed by atoms with Gasteiger partial charge in [-0.05, 0) is 56.4 Å². The van der Waals surface area contributed by atoms with Crippen molar-refractivity contribution in [2.45, 2.75) is 53.9 Å². The van der Waals surface area contributed by atoms with Crippen LogP contribution in [0.1, 0.15) is 54.0 Å². The minimum absolute atomic E-state index is 0.0998. The van der Waals surface area contributed by atoms with Crippen LogP contribution in [0.15, 0.2) is 18.2 Å². The number of aromatic nitrogens is 2. The third-order valence-electron chi connectivity index (χ3n) is 4.40. The molecule has 0 saturated carbocycles. The van der Waals surface area contributed by atoms with E-state index in [1.54, 1.807) is 18.2 Å². The van der Waals surface area contributed by atoms with Crippen molar-refractivity contribution in [2.75, 3.05) is 5.32 Å². The first-order valence-corrected chi connectivity index (χ1v) is 9.21. The van der Waals surface area contributed by atoms with Crippen LogP contribution in [0.25, 0.3) is 0 Å². The summed E-state index contributed by atoms with van der Waals surface area (Å²) in [6, 6.07) is 5.34. The van der Waals surface area contributed by atoms with Crippen LogP contribution >= 0.6 is 11.6 Å². The molecule has 1 heterocycles. The molecule has 0 fully saturated rings. The number of carbonyl (C=O) groups excluding carboxylic acids is 2. The summed E-state index contributed by atoms with van der Waals surface area (Å²) in [6.45, 7) is 9.95. The van der Waals surface area contributed by atoms with Gasteiger partial charge in [0.2, 0.25) is 11.8 Å². The summed E-state index contributed by atoms with van der Waals surface area (Å²) in [6.07, 6.45) is 1.09. The van der Waals surface area contributed by atoms with E-state index in [-0.39, 0.29) is 24.7 Å². The molecule has 0 spiro atoms. The molecule has 5 nitrogen and oxygen atoms in total. The molecule has 0 atom stereocenters. The van der Waals surface area contributed by atoms with E-state index in [0.29, 0.717) is 16.6 Å². The fraction of sp³-hybridized carbons (Fsp3) is 0.450. The Morgan fingerprint density at radius 1 is 1.19 bits per heavy atom. The van der Waals surface area contributed by atoms with Crippen LogP contribution in [0.2, 0.25) is 5.02 Å². The summed E-state index contributed by atoms with van der Waals surface area (Å²) >= 11 is 6.06. The molecule has 2 rings (SSSR count). The predicted molar refractivity (Wildman–Crippen MR) is 105 cm³/mol. The van der Waals surface area contributed by atoms with E-state index in [1.165, 1.54) is 4.68 Å². The molecular formula is C20H26ClN3O2. The highest BCUT2D eigenvalue weighted by Gasteiger charge is 2.18. The minimum Gasteiger partial charge on any atom is -0.326 e. The number of halogens is 1. The van der Waals surface area contributed by atoms with Crippen molar-refractivity contribution in [1.29, 1.82) is 0 Å². The average molecular weight is 376 g/mol. The molecule has 1 N–H and O–H groups in total. The SMILES string of the molecule is Cc1nn(C(=O)CCC(=O)Nc2cccc(Cl)c2C)c(C)c1CC(C)C. The minimum atomic E-state index is -0.215. The molecule has 140 valence electrons. The van der Waals surface area contributed by atoms with E-state index in [4.69, 9.17) is 11.6 Å². The lowest BCUT2D eigenvalue weighted by molar-refractivity contribution is -0.116. The zero-order chi connectivity index (χ0) is 19.4. The van der Waals surface area contributed by atoms with Crippen LogP contribution in [-0.2, 0) is 11.2 Å². The highest BCUT2D eigenvalue weighted by Crippen LogP contribution is 2.23. The number of carbonyl (C=O) groups is 2. The maximum Gasteiger partial charge on any atom is 0.247 e. The number of benzene rings is 1. The number of nitrogens with one attached hydrogen (secondary N) is 1. The Bertz CT molecular complexity index is 825. The Morgan fingerprint density at radius 3 is 2.54 bits per heavy atom. The van der Waals surface area contributed by atoms with Gasteiger partial charge >= 0.3 is 0 Å². The number of nitrogens with zero attached hydrogens (tertiary/aromatic N) is 2. The number of hydrogen-bond donors (Lipinski definition) is 1. The second kappa shape index (κ2) is 8.49. The topological polar surface area (TPSA) is 64.0 Å². The molecule has 2 aromatic rings. The molecule has 1 aromatic carbocycles. The first kappa shape index (κ1) is 20.2. The maximum absolute atomic E-state index is 12.5. The lowest BCUT2D eigenvalue weighted by Gasteiger charge is -2.09. The van der Waals surface area contributed by atoms with Crippen LogP contribution < -0.4 is 5.32 Å². The second-order valence-electron chi connectivity index (χ2n) is 7.01. The highest BCUT2D eigenvalue weighted by molar-refractivity contribution is 6.31. The van der Waals surface area contributed by atoms with Crippen LogP contribution in [0.5, 0.6) is 0 Å². The first-order chi connectivity index (χ1) is 12.2. The van der Waals surface area contributed by atoms with Gasteiger partial charge in [-0.1, -0.05) is 31.5 Å². The summed E-state index contributed by atoms with van der Waals surface area (Å²) in [5.41, 5.74) is 4.34. The van der Waals surface area contributed by atoms with E-state index >= 15 is 0 Å². The van der Waals surface area contributed by atoms with E-state index in [0.717, 1.165) is 28.9 Å². The monoisotopic (exact) mass is 375 g/mol. The van der Waals surface area contributed by atoms with Gasteiger partial charge in [0.1, 0.15) is 0 Å². The van der Waals surface area contributed by atoms with Gasteiger partial charge in [0.05, 0.1) is 5.69 Å². The Balaban J connectivity index is 2.00. The second-order valence-corrected chi connectivity index (χ2v) is 7.42. The van der Waals surface area contributed by atoms with E-state index < -0.39 is 0 Å². The van der Waals surface area contributed by atoms with Crippen molar-refractivity contribution in [3.63, 3.8) is 0 Å². The van der Waals surface area contributed by atoms with Crippen LogP contribution in [-0.4, -0.2) is 21.6 Å². The number of amides is 1. The average Bonchev–Trinajstić information content (AvgIpc) is 2.84. The number of aryl methyl sites for hydroxylation is 1. The molecule has 0 aliphatic carbocycles. The van der Waals surface area contributed by atoms with Gasteiger partial charge in [-0.25, -0.2) is 4.68 Å². The van der Waals surface area contributed by atoms with Crippen molar-refractivity contribution < 1.29 is 9.59 Å². The first-order valence-electron chi connectivity index (χ1n) is 8.84. The van der Waals surface area contributed by atoms with Crippen molar-refractivity contribution >= 4 is 29.1 Å². The number of rotatable bonds is 6. The van der Waals surface area contributed by atoms with Crippen molar-refractivity contribution in [2.24, 2.45) is 5.92 Å². The fourth-order valence-corrected chi connectivity index (χ4v) is 3.08. The Morgan fingerprint density at radius 2 is 1.88 bits per heavy atom. The predicted octanol–water partition coefficient (Wildman–Crippen LogP) is 4.72. The summed E-state index contributed by atoms with van der Waals surface area (Å²) in [5.74, 6) is 0.109. The summed E-state index contributed by atoms with van der Waals surface area (Å²) in [7, 11) is 0. The van der Waals surface area contributed by atoms with Crippen LogP contribution in [0.3, 0.4) is 0 Å². The summed E-state index contributed by atoms with van der Waals surface area (Å²) in [5, 5.41) is 7.78. The normalized spacial score (nSPS) is 11.0. The van der Waals surface area contributed by atoms with Crippen molar-refractivity contribution in [3.8, 4) is 0 Å². The Kier molecular flexibility index (Phi) is 6.59. The van der Waals surface area contributed by atoms with Crippen LogP contribution in [0, 0.1) is 26.7 Å². The molecular weight excluding hydrogens is 350 g/mol. The van der Waals surface area contributed by atoms with Crippen LogP contribution in [0.4, 0.5) is 5.69 Å². The molecule has 0 aliphatic heterocycles. The molecule has 6 heteroatoms. The van der Waals surface area contributed by atoms with Gasteiger partial charge in [0.15, 0.2) is 0 Å². The largest absolute Gasteiger partial charge is 0.326 e. The number of hydrogen-bond acceptors (Lipinski definition) is 3. The van der Waals surface area contributed by atoms with Crippen molar-refractivity contribution in [1.82, 2.24) is 9.78 Å². The van der Waals surface area contributed by atoms with Crippen molar-refractivity contribution in [3.05, 3.63) is 45.7 Å². The molecule has 0 radical (unpaired) electrons. The van der Waals surface area contributed by atoms with Gasteiger partial charge in [-0.3, -0.25) is 9.59 Å². The zero-order valence-electron chi connectivity index (χ0n) is 16.0. The maximum atomic E-state index is 12.5. The molecule has 1 amide bonds. The molecule has 0 aliphatic rings. The van der Waals surface area contributed by atoms with Gasteiger partial charge in [0, 0.05) is 29.2 Å². The van der Waals surface area contributed by atoms with Gasteiger partial charge in [-0.15, -0.1) is 0 Å². The zero-order valence-corrected chi connectivity index (χ0v) is 16.8. The Hall–Kier alpha value is -2.14. The smallest absolute Gasteiger partial charge is 0.247 e. The molecule has 0 bridgehead atoms. The molecule has 26 heavy (non-hydrogen) atoms. The summed E-state index contributed by atoms with van der Waals surface area (Å²) < 4.78 is 1.44. The molecule has 0 saturated heterocycles. The number of anilines is 1. The molecule has 0 unspecified atom stereocenters. The standard InChI is InChI=1S/C20H26ClN3O2/c1-12(2)11-16-14(4)23-24(15(16)5)20(26)10-9-19(25)22-18-8-6-7-17(21)13(18)3/h6-8,12H,9-11H2,1-5H3,(H,22,25). The highest BCUT2D eigenvalue weighted by atomic mass is 35.5.